The topological polar surface area (TPSA) is 71.0 Å². The Bertz CT molecular complexity index is 656. The zero-order chi connectivity index (χ0) is 17.5. The van der Waals surface area contributed by atoms with Gasteiger partial charge < -0.3 is 10.2 Å². The Labute approximate surface area is 148 Å². The molecule has 0 aliphatic carbocycles. The number of carbonyl (C=O) groups excluding carboxylic acids is 1. The van der Waals surface area contributed by atoms with Gasteiger partial charge in [-0.1, -0.05) is 19.4 Å². The minimum atomic E-state index is -0.129. The minimum Gasteiger partial charge on any atom is -0.366 e. The van der Waals surface area contributed by atoms with E-state index in [-0.39, 0.29) is 11.8 Å². The van der Waals surface area contributed by atoms with Crippen LogP contribution in [-0.4, -0.2) is 45.1 Å². The van der Waals surface area contributed by atoms with Gasteiger partial charge in [0.15, 0.2) is 0 Å². The van der Waals surface area contributed by atoms with Crippen molar-refractivity contribution in [2.24, 2.45) is 0 Å². The van der Waals surface area contributed by atoms with Crippen LogP contribution in [0.5, 0.6) is 0 Å². The third kappa shape index (κ3) is 4.53. The first-order valence-corrected chi connectivity index (χ1v) is 9.02. The molecule has 0 aromatic carbocycles. The normalized spacial score (nSPS) is 16.4. The second-order valence-electron chi connectivity index (χ2n) is 6.45. The van der Waals surface area contributed by atoms with Gasteiger partial charge in [0.05, 0.1) is 11.6 Å². The maximum atomic E-state index is 13.0. The number of amides is 1. The molecule has 2 aromatic rings. The number of pyridine rings is 1. The lowest BCUT2D eigenvalue weighted by molar-refractivity contribution is -0.134. The Morgan fingerprint density at radius 3 is 2.72 bits per heavy atom. The van der Waals surface area contributed by atoms with Crippen molar-refractivity contribution in [2.45, 2.75) is 44.6 Å². The van der Waals surface area contributed by atoms with Crippen molar-refractivity contribution in [3.63, 3.8) is 0 Å². The highest BCUT2D eigenvalue weighted by molar-refractivity contribution is 5.83. The number of nitrogens with one attached hydrogen (secondary N) is 1. The van der Waals surface area contributed by atoms with Gasteiger partial charge in [-0.05, 0) is 43.5 Å². The fraction of sp³-hybridized carbons (Fsp3) is 0.474. The van der Waals surface area contributed by atoms with Crippen LogP contribution in [0.4, 0.5) is 5.82 Å². The van der Waals surface area contributed by atoms with Crippen LogP contribution in [0.2, 0.25) is 0 Å². The zero-order valence-corrected chi connectivity index (χ0v) is 14.6. The molecule has 1 fully saturated rings. The Morgan fingerprint density at radius 1 is 1.24 bits per heavy atom. The maximum Gasteiger partial charge on any atom is 0.231 e. The van der Waals surface area contributed by atoms with Gasteiger partial charge in [-0.3, -0.25) is 9.78 Å². The van der Waals surface area contributed by atoms with Gasteiger partial charge in [0.2, 0.25) is 5.91 Å². The van der Waals surface area contributed by atoms with Crippen LogP contribution in [0, 0.1) is 0 Å². The quantitative estimate of drug-likeness (QED) is 0.876. The van der Waals surface area contributed by atoms with Crippen LogP contribution >= 0.6 is 0 Å². The van der Waals surface area contributed by atoms with Crippen LogP contribution < -0.4 is 5.32 Å². The molecule has 1 atom stereocenters. The molecule has 0 spiro atoms. The van der Waals surface area contributed by atoms with Crippen LogP contribution in [-0.2, 0) is 4.79 Å². The minimum absolute atomic E-state index is 0.129. The molecule has 3 rings (SSSR count). The molecule has 0 radical (unpaired) electrons. The summed E-state index contributed by atoms with van der Waals surface area (Å²) in [6.07, 6.45) is 7.08. The van der Waals surface area contributed by atoms with Crippen LogP contribution in [0.25, 0.3) is 0 Å². The van der Waals surface area contributed by atoms with Gasteiger partial charge in [-0.25, -0.2) is 0 Å². The van der Waals surface area contributed by atoms with Crippen LogP contribution in [0.1, 0.15) is 44.2 Å². The molecule has 25 heavy (non-hydrogen) atoms. The molecule has 1 aliphatic rings. The van der Waals surface area contributed by atoms with Gasteiger partial charge in [0, 0.05) is 31.5 Å². The van der Waals surface area contributed by atoms with Crippen molar-refractivity contribution in [1.82, 2.24) is 20.1 Å². The van der Waals surface area contributed by atoms with E-state index in [1.165, 1.54) is 0 Å². The fourth-order valence-electron chi connectivity index (χ4n) is 3.32. The van der Waals surface area contributed by atoms with E-state index in [2.05, 4.69) is 27.4 Å². The molecule has 0 saturated carbocycles. The van der Waals surface area contributed by atoms with E-state index in [0.29, 0.717) is 6.04 Å². The highest BCUT2D eigenvalue weighted by Crippen LogP contribution is 2.24. The molecule has 6 nitrogen and oxygen atoms in total. The summed E-state index contributed by atoms with van der Waals surface area (Å²) in [5, 5.41) is 11.4. The van der Waals surface area contributed by atoms with Gasteiger partial charge >= 0.3 is 0 Å². The SMILES string of the molecule is CCC[C@H](C(=O)N1CCC(Nc2cccnn2)CC1)c1ccccn1. The number of likely N-dealkylation sites (tertiary alicyclic amines) is 1. The summed E-state index contributed by atoms with van der Waals surface area (Å²) in [5.74, 6) is 0.874. The van der Waals surface area contributed by atoms with Crippen molar-refractivity contribution in [3.05, 3.63) is 48.4 Å². The number of hydrogen-bond acceptors (Lipinski definition) is 5. The van der Waals surface area contributed by atoms with Gasteiger partial charge in [-0.15, -0.1) is 5.10 Å². The number of anilines is 1. The average molecular weight is 339 g/mol. The zero-order valence-electron chi connectivity index (χ0n) is 14.6. The molecule has 1 amide bonds. The highest BCUT2D eigenvalue weighted by atomic mass is 16.2. The Kier molecular flexibility index (Phi) is 5.93. The van der Waals surface area contributed by atoms with Crippen molar-refractivity contribution >= 4 is 11.7 Å². The molecule has 0 unspecified atom stereocenters. The van der Waals surface area contributed by atoms with E-state index in [4.69, 9.17) is 0 Å². The molecule has 1 aliphatic heterocycles. The molecule has 132 valence electrons. The third-order valence-corrected chi connectivity index (χ3v) is 4.65. The van der Waals surface area contributed by atoms with Crippen LogP contribution in [0.3, 0.4) is 0 Å². The second-order valence-corrected chi connectivity index (χ2v) is 6.45. The molecular weight excluding hydrogens is 314 g/mol. The van der Waals surface area contributed by atoms with Gasteiger partial charge in [0.25, 0.3) is 0 Å². The van der Waals surface area contributed by atoms with Crippen molar-refractivity contribution in [1.29, 1.82) is 0 Å². The molecular formula is C19H25N5O. The standard InChI is InChI=1S/C19H25N5O/c1-2-6-16(17-7-3-4-11-20-17)19(25)24-13-9-15(10-14-24)22-18-8-5-12-21-23-18/h3-5,7-8,11-12,15-16H,2,6,9-10,13-14H2,1H3,(H,22,23)/t16-/m0/s1. The fourth-order valence-corrected chi connectivity index (χ4v) is 3.32. The van der Waals surface area contributed by atoms with Gasteiger partial charge in [0.1, 0.15) is 5.82 Å². The third-order valence-electron chi connectivity index (χ3n) is 4.65. The van der Waals surface area contributed by atoms with E-state index in [1.807, 2.05) is 35.2 Å². The number of nitrogens with zero attached hydrogens (tertiary/aromatic N) is 4. The smallest absolute Gasteiger partial charge is 0.231 e. The lowest BCUT2D eigenvalue weighted by atomic mass is 9.95. The lowest BCUT2D eigenvalue weighted by Gasteiger charge is -2.34. The van der Waals surface area contributed by atoms with Crippen molar-refractivity contribution < 1.29 is 4.79 Å². The van der Waals surface area contributed by atoms with Crippen molar-refractivity contribution in [2.75, 3.05) is 18.4 Å². The summed E-state index contributed by atoms with van der Waals surface area (Å²) in [7, 11) is 0. The summed E-state index contributed by atoms with van der Waals surface area (Å²) in [5.41, 5.74) is 0.883. The van der Waals surface area contributed by atoms with E-state index >= 15 is 0 Å². The Hall–Kier alpha value is -2.50. The highest BCUT2D eigenvalue weighted by Gasteiger charge is 2.29. The summed E-state index contributed by atoms with van der Waals surface area (Å²) < 4.78 is 0. The lowest BCUT2D eigenvalue weighted by Crippen LogP contribution is -2.44. The number of carbonyl (C=O) groups is 1. The average Bonchev–Trinajstić information content (AvgIpc) is 2.68. The Balaban J connectivity index is 1.58. The second kappa shape index (κ2) is 8.55. The van der Waals surface area contributed by atoms with Crippen molar-refractivity contribution in [3.8, 4) is 0 Å². The van der Waals surface area contributed by atoms with Gasteiger partial charge in [-0.2, -0.15) is 5.10 Å². The first kappa shape index (κ1) is 17.3. The predicted molar refractivity (Wildman–Crippen MR) is 97.1 cm³/mol. The summed E-state index contributed by atoms with van der Waals surface area (Å²) in [6, 6.07) is 9.93. The summed E-state index contributed by atoms with van der Waals surface area (Å²) >= 11 is 0. The van der Waals surface area contributed by atoms with E-state index < -0.39 is 0 Å². The molecule has 3 heterocycles. The monoisotopic (exact) mass is 339 g/mol. The first-order valence-electron chi connectivity index (χ1n) is 9.02. The van der Waals surface area contributed by atoms with E-state index in [0.717, 1.165) is 50.3 Å². The molecule has 2 aromatic heterocycles. The van der Waals surface area contributed by atoms with E-state index in [9.17, 15) is 4.79 Å². The largest absolute Gasteiger partial charge is 0.366 e. The number of rotatable bonds is 6. The molecule has 6 heteroatoms. The number of aromatic nitrogens is 3. The molecule has 0 bridgehead atoms. The molecule has 1 saturated heterocycles. The first-order chi connectivity index (χ1) is 12.3. The summed E-state index contributed by atoms with van der Waals surface area (Å²) in [6.45, 7) is 3.65. The van der Waals surface area contributed by atoms with Crippen LogP contribution in [0.15, 0.2) is 42.7 Å². The summed E-state index contributed by atoms with van der Waals surface area (Å²) in [4.78, 5) is 19.4. The Morgan fingerprint density at radius 2 is 2.08 bits per heavy atom. The van der Waals surface area contributed by atoms with E-state index in [1.54, 1.807) is 12.4 Å². The maximum absolute atomic E-state index is 13.0. The number of piperidine rings is 1. The predicted octanol–water partition coefficient (Wildman–Crippen LogP) is 2.86. The number of hydrogen-bond donors (Lipinski definition) is 1. The molecule has 1 N–H and O–H groups in total.